The molecule has 5 nitrogen and oxygen atoms in total. The van der Waals surface area contributed by atoms with E-state index in [1.54, 1.807) is 24.4 Å². The lowest BCUT2D eigenvalue weighted by atomic mass is 9.99. The number of rotatable bonds is 6. The summed E-state index contributed by atoms with van der Waals surface area (Å²) in [6, 6.07) is 3.45. The molecule has 1 aliphatic rings. The summed E-state index contributed by atoms with van der Waals surface area (Å²) in [7, 11) is 0. The summed E-state index contributed by atoms with van der Waals surface area (Å²) in [5.74, 6) is 0.543. The highest BCUT2D eigenvalue weighted by atomic mass is 35.5. The molecule has 0 saturated carbocycles. The maximum Gasteiger partial charge on any atom is 0.244 e. The number of hydrogen-bond acceptors (Lipinski definition) is 4. The fraction of sp³-hybridized carbons (Fsp3) is 0.529. The summed E-state index contributed by atoms with van der Waals surface area (Å²) in [5.41, 5.74) is 0.799. The highest BCUT2D eigenvalue weighted by molar-refractivity contribution is 6.29. The van der Waals surface area contributed by atoms with E-state index in [2.05, 4.69) is 22.1 Å². The second-order valence-corrected chi connectivity index (χ2v) is 6.52. The Hall–Kier alpha value is -1.43. The van der Waals surface area contributed by atoms with Crippen LogP contribution in [0.2, 0.25) is 5.15 Å². The Labute approximate surface area is 142 Å². The molecular weight excluding hydrogens is 314 g/mol. The van der Waals surface area contributed by atoms with Gasteiger partial charge in [-0.1, -0.05) is 24.6 Å². The van der Waals surface area contributed by atoms with Gasteiger partial charge in [-0.25, -0.2) is 4.98 Å². The van der Waals surface area contributed by atoms with Crippen molar-refractivity contribution < 1.29 is 9.90 Å². The average Bonchev–Trinajstić information content (AvgIpc) is 2.54. The SMILES string of the molecule is CC1CCN(CC(O)CNC(=O)/C=C/c2ccc(Cl)nc2)CC1. The Morgan fingerprint density at radius 1 is 1.52 bits per heavy atom. The van der Waals surface area contributed by atoms with E-state index in [1.807, 2.05) is 0 Å². The lowest BCUT2D eigenvalue weighted by molar-refractivity contribution is -0.116. The third kappa shape index (κ3) is 6.69. The van der Waals surface area contributed by atoms with Crippen LogP contribution in [-0.4, -0.2) is 53.2 Å². The Bertz CT molecular complexity index is 525. The van der Waals surface area contributed by atoms with Crippen LogP contribution in [0.25, 0.3) is 6.08 Å². The molecule has 1 atom stereocenters. The Morgan fingerprint density at radius 3 is 2.91 bits per heavy atom. The summed E-state index contributed by atoms with van der Waals surface area (Å²) in [5, 5.41) is 13.2. The minimum absolute atomic E-state index is 0.230. The average molecular weight is 338 g/mol. The summed E-state index contributed by atoms with van der Waals surface area (Å²) < 4.78 is 0. The molecule has 1 amide bonds. The van der Waals surface area contributed by atoms with Crippen LogP contribution >= 0.6 is 11.6 Å². The van der Waals surface area contributed by atoms with Gasteiger partial charge in [-0.15, -0.1) is 0 Å². The molecule has 2 heterocycles. The van der Waals surface area contributed by atoms with Crippen LogP contribution in [0.4, 0.5) is 0 Å². The summed E-state index contributed by atoms with van der Waals surface area (Å²) >= 11 is 5.70. The van der Waals surface area contributed by atoms with Crippen LogP contribution in [0.3, 0.4) is 0 Å². The number of halogens is 1. The molecule has 0 aromatic carbocycles. The van der Waals surface area contributed by atoms with Crippen LogP contribution in [0, 0.1) is 5.92 Å². The molecule has 2 N–H and O–H groups in total. The minimum atomic E-state index is -0.544. The molecule has 0 bridgehead atoms. The van der Waals surface area contributed by atoms with Gasteiger partial charge in [0.15, 0.2) is 0 Å². The van der Waals surface area contributed by atoms with Crippen LogP contribution < -0.4 is 5.32 Å². The number of likely N-dealkylation sites (tertiary alicyclic amines) is 1. The van der Waals surface area contributed by atoms with Crippen molar-refractivity contribution in [2.75, 3.05) is 26.2 Å². The van der Waals surface area contributed by atoms with E-state index < -0.39 is 6.10 Å². The third-order valence-corrected chi connectivity index (χ3v) is 4.26. The molecule has 0 radical (unpaired) electrons. The molecule has 2 rings (SSSR count). The van der Waals surface area contributed by atoms with E-state index in [4.69, 9.17) is 11.6 Å². The van der Waals surface area contributed by atoms with Crippen molar-refractivity contribution in [1.29, 1.82) is 0 Å². The number of carbonyl (C=O) groups excluding carboxylic acids is 1. The zero-order valence-corrected chi connectivity index (χ0v) is 14.2. The number of nitrogens with one attached hydrogen (secondary N) is 1. The van der Waals surface area contributed by atoms with Gasteiger partial charge in [0.1, 0.15) is 5.15 Å². The minimum Gasteiger partial charge on any atom is -0.390 e. The molecule has 126 valence electrons. The van der Waals surface area contributed by atoms with Gasteiger partial charge in [0.25, 0.3) is 0 Å². The van der Waals surface area contributed by atoms with Crippen molar-refractivity contribution in [3.05, 3.63) is 35.1 Å². The predicted octanol–water partition coefficient (Wildman–Crippen LogP) is 1.96. The lowest BCUT2D eigenvalue weighted by Crippen LogP contribution is -2.42. The van der Waals surface area contributed by atoms with Crippen molar-refractivity contribution in [2.45, 2.75) is 25.9 Å². The first-order valence-corrected chi connectivity index (χ1v) is 8.38. The number of aliphatic hydroxyl groups is 1. The fourth-order valence-corrected chi connectivity index (χ4v) is 2.65. The Balaban J connectivity index is 1.68. The molecule has 6 heteroatoms. The number of β-amino-alcohol motifs (C(OH)–C–C–N with tert-alkyl or cyclic N) is 1. The van der Waals surface area contributed by atoms with E-state index >= 15 is 0 Å². The third-order valence-electron chi connectivity index (χ3n) is 4.03. The van der Waals surface area contributed by atoms with E-state index in [0.717, 1.165) is 24.6 Å². The zero-order valence-electron chi connectivity index (χ0n) is 13.4. The molecule has 1 saturated heterocycles. The maximum absolute atomic E-state index is 11.8. The standard InChI is InChI=1S/C17H24ClN3O2/c1-13-6-8-21(9-7-13)12-15(22)11-20-17(23)5-3-14-2-4-16(18)19-10-14/h2-5,10,13,15,22H,6-9,11-12H2,1H3,(H,20,23)/b5-3+. The number of carbonyl (C=O) groups is 1. The molecule has 1 aromatic heterocycles. The first kappa shape index (κ1) is 17.9. The normalized spacial score (nSPS) is 18.2. The first-order chi connectivity index (χ1) is 11.0. The van der Waals surface area contributed by atoms with Crippen LogP contribution in [0.5, 0.6) is 0 Å². The van der Waals surface area contributed by atoms with E-state index in [0.29, 0.717) is 11.7 Å². The van der Waals surface area contributed by atoms with Crippen molar-refractivity contribution in [1.82, 2.24) is 15.2 Å². The molecule has 1 fully saturated rings. The van der Waals surface area contributed by atoms with Crippen molar-refractivity contribution in [3.8, 4) is 0 Å². The second kappa shape index (κ2) is 9.01. The molecular formula is C17H24ClN3O2. The number of hydrogen-bond donors (Lipinski definition) is 2. The molecule has 1 aliphatic heterocycles. The second-order valence-electron chi connectivity index (χ2n) is 6.13. The van der Waals surface area contributed by atoms with Gasteiger partial charge >= 0.3 is 0 Å². The number of aliphatic hydroxyl groups excluding tert-OH is 1. The number of amides is 1. The zero-order chi connectivity index (χ0) is 16.7. The largest absolute Gasteiger partial charge is 0.390 e. The van der Waals surface area contributed by atoms with Crippen molar-refractivity contribution >= 4 is 23.6 Å². The van der Waals surface area contributed by atoms with Crippen molar-refractivity contribution in [2.24, 2.45) is 5.92 Å². The van der Waals surface area contributed by atoms with Crippen LogP contribution in [-0.2, 0) is 4.79 Å². The number of nitrogens with zero attached hydrogens (tertiary/aromatic N) is 2. The van der Waals surface area contributed by atoms with E-state index in [9.17, 15) is 9.90 Å². The molecule has 1 aromatic rings. The summed E-state index contributed by atoms with van der Waals surface area (Å²) in [6.07, 6.45) is 6.50. The summed E-state index contributed by atoms with van der Waals surface area (Å²) in [4.78, 5) is 17.9. The smallest absolute Gasteiger partial charge is 0.244 e. The molecule has 0 aliphatic carbocycles. The van der Waals surface area contributed by atoms with Gasteiger partial charge in [-0.05, 0) is 49.6 Å². The molecule has 1 unspecified atom stereocenters. The van der Waals surface area contributed by atoms with Gasteiger partial charge in [0.05, 0.1) is 6.10 Å². The summed E-state index contributed by atoms with van der Waals surface area (Å²) in [6.45, 7) is 5.17. The van der Waals surface area contributed by atoms with Crippen LogP contribution in [0.15, 0.2) is 24.4 Å². The van der Waals surface area contributed by atoms with Gasteiger partial charge in [0, 0.05) is 25.4 Å². The highest BCUT2D eigenvalue weighted by Crippen LogP contribution is 2.15. The highest BCUT2D eigenvalue weighted by Gasteiger charge is 2.18. The van der Waals surface area contributed by atoms with Crippen molar-refractivity contribution in [3.63, 3.8) is 0 Å². The first-order valence-electron chi connectivity index (χ1n) is 8.01. The fourth-order valence-electron chi connectivity index (χ4n) is 2.54. The van der Waals surface area contributed by atoms with Crippen LogP contribution in [0.1, 0.15) is 25.3 Å². The van der Waals surface area contributed by atoms with E-state index in [-0.39, 0.29) is 12.5 Å². The molecule has 23 heavy (non-hydrogen) atoms. The van der Waals surface area contributed by atoms with Gasteiger partial charge < -0.3 is 15.3 Å². The predicted molar refractivity (Wildman–Crippen MR) is 92.1 cm³/mol. The quantitative estimate of drug-likeness (QED) is 0.615. The lowest BCUT2D eigenvalue weighted by Gasteiger charge is -2.31. The Kier molecular flexibility index (Phi) is 7.02. The number of piperidine rings is 1. The number of pyridine rings is 1. The number of aromatic nitrogens is 1. The van der Waals surface area contributed by atoms with Gasteiger partial charge in [-0.3, -0.25) is 4.79 Å². The van der Waals surface area contributed by atoms with E-state index in [1.165, 1.54) is 18.9 Å². The Morgan fingerprint density at radius 2 is 2.26 bits per heavy atom. The molecule has 0 spiro atoms. The topological polar surface area (TPSA) is 65.5 Å². The monoisotopic (exact) mass is 337 g/mol. The van der Waals surface area contributed by atoms with Gasteiger partial charge in [0.2, 0.25) is 5.91 Å². The van der Waals surface area contributed by atoms with Gasteiger partial charge in [-0.2, -0.15) is 0 Å². The maximum atomic E-state index is 11.8.